The maximum Gasteiger partial charge on any atom is 0.122 e. The molecule has 0 saturated heterocycles. The van der Waals surface area contributed by atoms with Gasteiger partial charge in [-0.1, -0.05) is 6.92 Å². The highest BCUT2D eigenvalue weighted by molar-refractivity contribution is 7.09. The van der Waals surface area contributed by atoms with E-state index in [0.717, 1.165) is 23.9 Å². The molecule has 1 aromatic rings. The number of thiazole rings is 1. The molecule has 0 saturated carbocycles. The number of aromatic nitrogens is 1. The van der Waals surface area contributed by atoms with Gasteiger partial charge < -0.3 is 10.1 Å². The van der Waals surface area contributed by atoms with Crippen molar-refractivity contribution in [2.24, 2.45) is 0 Å². The van der Waals surface area contributed by atoms with E-state index in [9.17, 15) is 0 Å². The number of nitrogens with one attached hydrogen (secondary N) is 1. The predicted octanol–water partition coefficient (Wildman–Crippen LogP) is 2.91. The van der Waals surface area contributed by atoms with Crippen molar-refractivity contribution in [2.45, 2.75) is 39.8 Å². The Balaban J connectivity index is 2.62. The summed E-state index contributed by atoms with van der Waals surface area (Å²) in [5.74, 6) is 0. The van der Waals surface area contributed by atoms with Crippen LogP contribution in [-0.4, -0.2) is 18.1 Å². The molecule has 0 amide bonds. The molecule has 15 heavy (non-hydrogen) atoms. The lowest BCUT2D eigenvalue weighted by Gasteiger charge is -2.09. The summed E-state index contributed by atoms with van der Waals surface area (Å²) in [6.07, 6.45) is 0.113. The fourth-order valence-electron chi connectivity index (χ4n) is 1.42. The van der Waals surface area contributed by atoms with Crippen LogP contribution in [0, 0.1) is 0 Å². The lowest BCUT2D eigenvalue weighted by molar-refractivity contribution is 0.0760. The topological polar surface area (TPSA) is 34.1 Å². The second-order valence-corrected chi connectivity index (χ2v) is 4.38. The van der Waals surface area contributed by atoms with Crippen molar-refractivity contribution in [3.8, 4) is 0 Å². The summed E-state index contributed by atoms with van der Waals surface area (Å²) in [6, 6.07) is 0.328. The smallest absolute Gasteiger partial charge is 0.122 e. The van der Waals surface area contributed by atoms with E-state index in [2.05, 4.69) is 29.5 Å². The van der Waals surface area contributed by atoms with Crippen LogP contribution in [0.4, 0.5) is 0 Å². The first-order valence-electron chi connectivity index (χ1n) is 5.49. The Morgan fingerprint density at radius 2 is 2.20 bits per heavy atom. The van der Waals surface area contributed by atoms with Gasteiger partial charge in [0.25, 0.3) is 0 Å². The highest BCUT2D eigenvalue weighted by Crippen LogP contribution is 2.23. The molecule has 1 heterocycles. The quantitative estimate of drug-likeness (QED) is 0.813. The van der Waals surface area contributed by atoms with E-state index < -0.39 is 0 Å². The SMILES string of the molecule is CCNC(C)c1csc(C(C)OCC)n1. The third-order valence-corrected chi connectivity index (χ3v) is 3.28. The molecule has 2 unspecified atom stereocenters. The predicted molar refractivity (Wildman–Crippen MR) is 64.2 cm³/mol. The molecule has 0 bridgehead atoms. The second kappa shape index (κ2) is 6.20. The van der Waals surface area contributed by atoms with Gasteiger partial charge in [-0.25, -0.2) is 4.98 Å². The van der Waals surface area contributed by atoms with Crippen LogP contribution in [0.5, 0.6) is 0 Å². The van der Waals surface area contributed by atoms with Gasteiger partial charge in [0.1, 0.15) is 11.1 Å². The van der Waals surface area contributed by atoms with Crippen LogP contribution < -0.4 is 5.32 Å². The number of hydrogen-bond acceptors (Lipinski definition) is 4. The van der Waals surface area contributed by atoms with Crippen molar-refractivity contribution in [3.63, 3.8) is 0 Å². The Morgan fingerprint density at radius 3 is 2.80 bits per heavy atom. The average molecular weight is 228 g/mol. The van der Waals surface area contributed by atoms with Gasteiger partial charge in [0.15, 0.2) is 0 Å². The Morgan fingerprint density at radius 1 is 1.47 bits per heavy atom. The number of nitrogens with zero attached hydrogens (tertiary/aromatic N) is 1. The van der Waals surface area contributed by atoms with E-state index in [-0.39, 0.29) is 6.10 Å². The fourth-order valence-corrected chi connectivity index (χ4v) is 2.33. The van der Waals surface area contributed by atoms with Gasteiger partial charge in [-0.05, 0) is 27.3 Å². The maximum absolute atomic E-state index is 5.51. The molecule has 4 heteroatoms. The van der Waals surface area contributed by atoms with Gasteiger partial charge in [-0.3, -0.25) is 0 Å². The monoisotopic (exact) mass is 228 g/mol. The second-order valence-electron chi connectivity index (χ2n) is 3.49. The van der Waals surface area contributed by atoms with Crippen LogP contribution in [-0.2, 0) is 4.74 Å². The lowest BCUT2D eigenvalue weighted by atomic mass is 10.2. The van der Waals surface area contributed by atoms with Crippen molar-refractivity contribution < 1.29 is 4.74 Å². The minimum absolute atomic E-state index is 0.113. The third-order valence-electron chi connectivity index (χ3n) is 2.26. The maximum atomic E-state index is 5.51. The first-order valence-corrected chi connectivity index (χ1v) is 6.37. The summed E-state index contributed by atoms with van der Waals surface area (Å²) < 4.78 is 5.51. The van der Waals surface area contributed by atoms with E-state index in [0.29, 0.717) is 6.04 Å². The van der Waals surface area contributed by atoms with Gasteiger partial charge in [0, 0.05) is 18.0 Å². The fraction of sp³-hybridized carbons (Fsp3) is 0.727. The number of hydrogen-bond donors (Lipinski definition) is 1. The van der Waals surface area contributed by atoms with Gasteiger partial charge in [-0.15, -0.1) is 11.3 Å². The molecule has 0 radical (unpaired) electrons. The van der Waals surface area contributed by atoms with Crippen LogP contribution in [0.3, 0.4) is 0 Å². The molecule has 3 nitrogen and oxygen atoms in total. The van der Waals surface area contributed by atoms with Gasteiger partial charge in [0.2, 0.25) is 0 Å². The minimum Gasteiger partial charge on any atom is -0.372 e. The normalized spacial score (nSPS) is 15.2. The Kier molecular flexibility index (Phi) is 5.22. The van der Waals surface area contributed by atoms with Crippen LogP contribution in [0.1, 0.15) is 50.5 Å². The summed E-state index contributed by atoms with van der Waals surface area (Å²) in [7, 11) is 0. The standard InChI is InChI=1S/C11H20N2OS/c1-5-12-8(3)10-7-15-11(13-10)9(4)14-6-2/h7-9,12H,5-6H2,1-4H3. The molecule has 0 aliphatic heterocycles. The molecule has 0 aliphatic rings. The molecule has 0 fully saturated rings. The number of ether oxygens (including phenoxy) is 1. The summed E-state index contributed by atoms with van der Waals surface area (Å²) in [5.41, 5.74) is 1.11. The van der Waals surface area contributed by atoms with Crippen molar-refractivity contribution in [3.05, 3.63) is 16.1 Å². The third kappa shape index (κ3) is 3.55. The highest BCUT2D eigenvalue weighted by Gasteiger charge is 2.13. The van der Waals surface area contributed by atoms with Crippen LogP contribution in [0.15, 0.2) is 5.38 Å². The summed E-state index contributed by atoms with van der Waals surface area (Å²) in [5, 5.41) is 6.52. The highest BCUT2D eigenvalue weighted by atomic mass is 32.1. The minimum atomic E-state index is 0.113. The summed E-state index contributed by atoms with van der Waals surface area (Å²) >= 11 is 1.68. The van der Waals surface area contributed by atoms with E-state index in [1.807, 2.05) is 13.8 Å². The molecular weight excluding hydrogens is 208 g/mol. The Hall–Kier alpha value is -0.450. The van der Waals surface area contributed by atoms with E-state index in [4.69, 9.17) is 4.74 Å². The molecule has 2 atom stereocenters. The van der Waals surface area contributed by atoms with Crippen molar-refractivity contribution >= 4 is 11.3 Å². The first-order chi connectivity index (χ1) is 7.19. The molecule has 86 valence electrons. The van der Waals surface area contributed by atoms with Gasteiger partial charge >= 0.3 is 0 Å². The van der Waals surface area contributed by atoms with Crippen molar-refractivity contribution in [1.82, 2.24) is 10.3 Å². The lowest BCUT2D eigenvalue weighted by Crippen LogP contribution is -2.18. The molecular formula is C11H20N2OS. The van der Waals surface area contributed by atoms with Crippen LogP contribution in [0.2, 0.25) is 0 Å². The van der Waals surface area contributed by atoms with E-state index >= 15 is 0 Å². The molecule has 1 rings (SSSR count). The molecule has 0 aliphatic carbocycles. The number of rotatable bonds is 6. The van der Waals surface area contributed by atoms with Gasteiger partial charge in [0.05, 0.1) is 5.69 Å². The Bertz CT molecular complexity index is 261. The van der Waals surface area contributed by atoms with E-state index in [1.165, 1.54) is 0 Å². The van der Waals surface area contributed by atoms with E-state index in [1.54, 1.807) is 11.3 Å². The zero-order valence-corrected chi connectivity index (χ0v) is 10.7. The molecule has 1 N–H and O–H groups in total. The first kappa shape index (κ1) is 12.6. The zero-order chi connectivity index (χ0) is 11.3. The van der Waals surface area contributed by atoms with Crippen LogP contribution in [0.25, 0.3) is 0 Å². The van der Waals surface area contributed by atoms with Gasteiger partial charge in [-0.2, -0.15) is 0 Å². The van der Waals surface area contributed by atoms with Crippen LogP contribution >= 0.6 is 11.3 Å². The Labute approximate surface area is 95.9 Å². The molecule has 0 spiro atoms. The molecule has 1 aromatic heterocycles. The summed E-state index contributed by atoms with van der Waals surface area (Å²) in [6.45, 7) is 9.99. The largest absolute Gasteiger partial charge is 0.372 e. The summed E-state index contributed by atoms with van der Waals surface area (Å²) in [4.78, 5) is 4.58. The van der Waals surface area contributed by atoms with Crippen molar-refractivity contribution in [1.29, 1.82) is 0 Å². The molecule has 0 aromatic carbocycles. The zero-order valence-electron chi connectivity index (χ0n) is 9.91. The van der Waals surface area contributed by atoms with Crippen molar-refractivity contribution in [2.75, 3.05) is 13.2 Å². The average Bonchev–Trinajstić information content (AvgIpc) is 2.67.